The van der Waals surface area contributed by atoms with Gasteiger partial charge in [-0.2, -0.15) is 0 Å². The van der Waals surface area contributed by atoms with E-state index in [0.717, 1.165) is 19.3 Å². The van der Waals surface area contributed by atoms with Crippen LogP contribution < -0.4 is 0 Å². The van der Waals surface area contributed by atoms with Crippen molar-refractivity contribution in [2.24, 2.45) is 17.3 Å². The summed E-state index contributed by atoms with van der Waals surface area (Å²) < 4.78 is 11.4. The number of ether oxygens (including phenoxy) is 2. The van der Waals surface area contributed by atoms with Crippen molar-refractivity contribution in [2.45, 2.75) is 76.3 Å². The summed E-state index contributed by atoms with van der Waals surface area (Å²) in [5, 5.41) is 39.2. The van der Waals surface area contributed by atoms with Crippen LogP contribution in [0.3, 0.4) is 0 Å². The number of carbonyl (C=O) groups is 1. The normalized spacial score (nSPS) is 51.8. The van der Waals surface area contributed by atoms with Gasteiger partial charge in [0.1, 0.15) is 18.3 Å². The van der Waals surface area contributed by atoms with Gasteiger partial charge in [-0.25, -0.2) is 4.79 Å². The molecule has 3 unspecified atom stereocenters. The molecule has 23 heavy (non-hydrogen) atoms. The first-order valence-electron chi connectivity index (χ1n) is 8.20. The molecule has 0 spiro atoms. The molecule has 0 aromatic heterocycles. The third-order valence-corrected chi connectivity index (χ3v) is 6.31. The zero-order valence-corrected chi connectivity index (χ0v) is 13.7. The van der Waals surface area contributed by atoms with E-state index in [9.17, 15) is 20.1 Å². The van der Waals surface area contributed by atoms with Crippen molar-refractivity contribution < 1.29 is 34.7 Å². The minimum absolute atomic E-state index is 0.144. The highest BCUT2D eigenvalue weighted by Crippen LogP contribution is 2.59. The fourth-order valence-corrected chi connectivity index (χ4v) is 4.75. The Labute approximate surface area is 135 Å². The van der Waals surface area contributed by atoms with Crippen LogP contribution in [-0.2, 0) is 14.3 Å². The van der Waals surface area contributed by atoms with Gasteiger partial charge < -0.3 is 29.9 Å². The average molecular weight is 330 g/mol. The van der Waals surface area contributed by atoms with Crippen LogP contribution in [0.1, 0.15) is 40.0 Å². The van der Waals surface area contributed by atoms with Gasteiger partial charge in [-0.3, -0.25) is 0 Å². The second kappa shape index (κ2) is 5.39. The molecule has 0 radical (unpaired) electrons. The first-order valence-corrected chi connectivity index (χ1v) is 8.20. The largest absolute Gasteiger partial charge is 0.479 e. The fraction of sp³-hybridized carbons (Fsp3) is 0.938. The third-order valence-electron chi connectivity index (χ3n) is 6.31. The van der Waals surface area contributed by atoms with Crippen molar-refractivity contribution in [3.63, 3.8) is 0 Å². The van der Waals surface area contributed by atoms with Gasteiger partial charge >= 0.3 is 5.97 Å². The van der Waals surface area contributed by atoms with Crippen LogP contribution in [0, 0.1) is 17.3 Å². The summed E-state index contributed by atoms with van der Waals surface area (Å²) in [6.07, 6.45) is -3.63. The van der Waals surface area contributed by atoms with Gasteiger partial charge in [0.2, 0.25) is 0 Å². The smallest absolute Gasteiger partial charge is 0.335 e. The molecule has 3 rings (SSSR count). The third kappa shape index (κ3) is 2.49. The van der Waals surface area contributed by atoms with Crippen LogP contribution in [0.4, 0.5) is 0 Å². The van der Waals surface area contributed by atoms with E-state index in [2.05, 4.69) is 13.8 Å². The van der Waals surface area contributed by atoms with Crippen molar-refractivity contribution in [1.82, 2.24) is 0 Å². The maximum absolute atomic E-state index is 11.2. The molecule has 2 saturated carbocycles. The van der Waals surface area contributed by atoms with Gasteiger partial charge in [-0.1, -0.05) is 13.8 Å². The number of aliphatic hydroxyl groups is 3. The first-order chi connectivity index (χ1) is 10.6. The van der Waals surface area contributed by atoms with Gasteiger partial charge in [0.25, 0.3) is 0 Å². The van der Waals surface area contributed by atoms with Crippen molar-refractivity contribution in [3.05, 3.63) is 0 Å². The molecular formula is C16H26O7. The number of aliphatic hydroxyl groups excluding tert-OH is 3. The highest BCUT2D eigenvalue weighted by Gasteiger charge is 2.59. The Bertz CT molecular complexity index is 493. The second-order valence-electron chi connectivity index (χ2n) is 7.91. The standard InChI is InChI=1S/C16H26O7/c1-15(2)7-4-5-8(15)9(6-7)22-16(3)13(19)11(18)10(17)12(23-16)14(20)21/h7-13,17-19H,4-6H2,1-3H3,(H,20,21)/t7?,8?,9?,10-,11-,12-,13+,16+/m0/s1. The molecular weight excluding hydrogens is 304 g/mol. The van der Waals surface area contributed by atoms with Gasteiger partial charge in [-0.05, 0) is 43.4 Å². The van der Waals surface area contributed by atoms with Crippen molar-refractivity contribution in [3.8, 4) is 0 Å². The van der Waals surface area contributed by atoms with E-state index in [4.69, 9.17) is 14.6 Å². The van der Waals surface area contributed by atoms with E-state index in [0.29, 0.717) is 11.8 Å². The molecule has 0 amide bonds. The van der Waals surface area contributed by atoms with Crippen LogP contribution in [0.5, 0.6) is 0 Å². The molecule has 2 aliphatic carbocycles. The summed E-state index contributed by atoms with van der Waals surface area (Å²) in [5.41, 5.74) is 0.144. The lowest BCUT2D eigenvalue weighted by Crippen LogP contribution is -2.66. The predicted octanol–water partition coefficient (Wildman–Crippen LogP) is 0.110. The van der Waals surface area contributed by atoms with Gasteiger partial charge in [-0.15, -0.1) is 0 Å². The zero-order chi connectivity index (χ0) is 17.2. The van der Waals surface area contributed by atoms with E-state index in [1.807, 2.05) is 0 Å². The quantitative estimate of drug-likeness (QED) is 0.580. The molecule has 0 aromatic rings. The Morgan fingerprint density at radius 2 is 1.78 bits per heavy atom. The van der Waals surface area contributed by atoms with Crippen molar-refractivity contribution >= 4 is 5.97 Å². The Morgan fingerprint density at radius 3 is 2.26 bits per heavy atom. The van der Waals surface area contributed by atoms with Crippen LogP contribution in [0.2, 0.25) is 0 Å². The van der Waals surface area contributed by atoms with Crippen molar-refractivity contribution in [1.29, 1.82) is 0 Å². The molecule has 2 bridgehead atoms. The number of rotatable bonds is 3. The maximum Gasteiger partial charge on any atom is 0.335 e. The number of carboxylic acids is 1. The molecule has 3 fully saturated rings. The minimum Gasteiger partial charge on any atom is -0.479 e. The highest BCUT2D eigenvalue weighted by molar-refractivity contribution is 5.73. The fourth-order valence-electron chi connectivity index (χ4n) is 4.75. The molecule has 7 nitrogen and oxygen atoms in total. The number of aliphatic carboxylic acids is 1. The molecule has 7 heteroatoms. The Hall–Kier alpha value is -0.730. The van der Waals surface area contributed by atoms with Gasteiger partial charge in [0, 0.05) is 0 Å². The van der Waals surface area contributed by atoms with Crippen LogP contribution in [-0.4, -0.2) is 62.7 Å². The molecule has 1 saturated heterocycles. The monoisotopic (exact) mass is 330 g/mol. The zero-order valence-electron chi connectivity index (χ0n) is 13.7. The number of hydrogen-bond donors (Lipinski definition) is 4. The summed E-state index contributed by atoms with van der Waals surface area (Å²) >= 11 is 0. The van der Waals surface area contributed by atoms with E-state index < -0.39 is 36.2 Å². The summed E-state index contributed by atoms with van der Waals surface area (Å²) in [7, 11) is 0. The molecule has 1 heterocycles. The molecule has 132 valence electrons. The molecule has 0 aromatic carbocycles. The molecule has 8 atom stereocenters. The van der Waals surface area contributed by atoms with Gasteiger partial charge in [0.15, 0.2) is 11.9 Å². The van der Waals surface area contributed by atoms with E-state index in [-0.39, 0.29) is 11.5 Å². The highest BCUT2D eigenvalue weighted by atomic mass is 16.7. The minimum atomic E-state index is -1.70. The van der Waals surface area contributed by atoms with Gasteiger partial charge in [0.05, 0.1) is 6.10 Å². The number of carboxylic acid groups (broad SMARTS) is 1. The van der Waals surface area contributed by atoms with Crippen LogP contribution in [0.15, 0.2) is 0 Å². The predicted molar refractivity (Wildman–Crippen MR) is 78.4 cm³/mol. The molecule has 3 aliphatic rings. The number of fused-ring (bicyclic) bond motifs is 2. The van der Waals surface area contributed by atoms with Crippen LogP contribution >= 0.6 is 0 Å². The second-order valence-corrected chi connectivity index (χ2v) is 7.91. The Morgan fingerprint density at radius 1 is 1.13 bits per heavy atom. The number of hydrogen-bond acceptors (Lipinski definition) is 6. The van der Waals surface area contributed by atoms with E-state index >= 15 is 0 Å². The Balaban J connectivity index is 1.79. The summed E-state index contributed by atoms with van der Waals surface area (Å²) in [6, 6.07) is 0. The maximum atomic E-state index is 11.2. The summed E-state index contributed by atoms with van der Waals surface area (Å²) in [5.74, 6) is -2.21. The molecule has 4 N–H and O–H groups in total. The van der Waals surface area contributed by atoms with E-state index in [1.54, 1.807) is 0 Å². The van der Waals surface area contributed by atoms with E-state index in [1.165, 1.54) is 6.92 Å². The topological polar surface area (TPSA) is 116 Å². The summed E-state index contributed by atoms with van der Waals surface area (Å²) in [4.78, 5) is 11.2. The Kier molecular flexibility index (Phi) is 4.01. The lowest BCUT2D eigenvalue weighted by Gasteiger charge is -2.47. The lowest BCUT2D eigenvalue weighted by atomic mass is 9.82. The summed E-state index contributed by atoms with van der Waals surface area (Å²) in [6.45, 7) is 5.84. The lowest BCUT2D eigenvalue weighted by molar-refractivity contribution is -0.363. The SMILES string of the molecule is CC1(C)C2CCC1C(O[C@]1(C)O[C@H](C(=O)O)[C@@H](O)[C@H](O)[C@H]1O)C2. The van der Waals surface area contributed by atoms with Crippen molar-refractivity contribution in [2.75, 3.05) is 0 Å². The average Bonchev–Trinajstić information content (AvgIpc) is 2.88. The molecule has 1 aliphatic heterocycles. The first kappa shape index (κ1) is 17.1. The van der Waals surface area contributed by atoms with Crippen LogP contribution in [0.25, 0.3) is 0 Å².